The standard InChI is InChI=1S/C14H22N4O2S/c1-8-3-4-10(13(15)19)6-18(8)7-11-5-12(14(20)17-16)21-9(11)2/h5,8,10H,3-4,6-7,16H2,1-2H3,(H2,15,19)(H,17,20). The summed E-state index contributed by atoms with van der Waals surface area (Å²) in [5.41, 5.74) is 8.69. The number of hydrogen-bond acceptors (Lipinski definition) is 5. The number of aryl methyl sites for hydroxylation is 1. The van der Waals surface area contributed by atoms with Crippen LogP contribution >= 0.6 is 11.3 Å². The van der Waals surface area contributed by atoms with Gasteiger partial charge >= 0.3 is 0 Å². The molecule has 1 aliphatic heterocycles. The summed E-state index contributed by atoms with van der Waals surface area (Å²) in [6, 6.07) is 2.29. The van der Waals surface area contributed by atoms with Crippen molar-refractivity contribution in [2.75, 3.05) is 6.54 Å². The van der Waals surface area contributed by atoms with Gasteiger partial charge in [-0.25, -0.2) is 5.84 Å². The maximum absolute atomic E-state index is 11.6. The van der Waals surface area contributed by atoms with Crippen LogP contribution in [-0.4, -0.2) is 29.3 Å². The summed E-state index contributed by atoms with van der Waals surface area (Å²) in [7, 11) is 0. The first-order valence-electron chi connectivity index (χ1n) is 7.06. The van der Waals surface area contributed by atoms with Crippen LogP contribution in [0.15, 0.2) is 6.07 Å². The molecule has 2 heterocycles. The van der Waals surface area contributed by atoms with Crippen LogP contribution in [0.1, 0.15) is 39.9 Å². The zero-order chi connectivity index (χ0) is 15.6. The van der Waals surface area contributed by atoms with Crippen molar-refractivity contribution in [3.63, 3.8) is 0 Å². The quantitative estimate of drug-likeness (QED) is 0.434. The highest BCUT2D eigenvalue weighted by atomic mass is 32.1. The number of piperidine rings is 1. The molecule has 2 unspecified atom stereocenters. The maximum atomic E-state index is 11.6. The van der Waals surface area contributed by atoms with E-state index >= 15 is 0 Å². The second-order valence-corrected chi connectivity index (χ2v) is 6.88. The summed E-state index contributed by atoms with van der Waals surface area (Å²) < 4.78 is 0. The molecule has 0 bridgehead atoms. The predicted molar refractivity (Wildman–Crippen MR) is 82.5 cm³/mol. The van der Waals surface area contributed by atoms with E-state index in [0.29, 0.717) is 17.5 Å². The smallest absolute Gasteiger partial charge is 0.275 e. The van der Waals surface area contributed by atoms with E-state index in [1.807, 2.05) is 13.0 Å². The topological polar surface area (TPSA) is 101 Å². The lowest BCUT2D eigenvalue weighted by atomic mass is 9.92. The molecule has 2 rings (SSSR count). The van der Waals surface area contributed by atoms with Crippen molar-refractivity contribution in [2.45, 2.75) is 39.3 Å². The van der Waals surface area contributed by atoms with Gasteiger partial charge in [0.15, 0.2) is 0 Å². The zero-order valence-corrected chi connectivity index (χ0v) is 13.2. The van der Waals surface area contributed by atoms with E-state index in [1.165, 1.54) is 11.3 Å². The van der Waals surface area contributed by atoms with Crippen molar-refractivity contribution in [1.82, 2.24) is 10.3 Å². The van der Waals surface area contributed by atoms with Crippen LogP contribution in [0.3, 0.4) is 0 Å². The van der Waals surface area contributed by atoms with Gasteiger partial charge in [0.1, 0.15) is 0 Å². The number of primary amides is 1. The highest BCUT2D eigenvalue weighted by Crippen LogP contribution is 2.27. The minimum atomic E-state index is -0.268. The third-order valence-corrected chi connectivity index (χ3v) is 5.25. The van der Waals surface area contributed by atoms with Crippen molar-refractivity contribution in [1.29, 1.82) is 0 Å². The van der Waals surface area contributed by atoms with Gasteiger partial charge in [0.25, 0.3) is 5.91 Å². The van der Waals surface area contributed by atoms with Crippen molar-refractivity contribution >= 4 is 23.2 Å². The highest BCUT2D eigenvalue weighted by Gasteiger charge is 2.29. The molecule has 0 aromatic carbocycles. The molecule has 1 aliphatic rings. The number of nitrogens with one attached hydrogen (secondary N) is 1. The highest BCUT2D eigenvalue weighted by molar-refractivity contribution is 7.14. The van der Waals surface area contributed by atoms with Crippen molar-refractivity contribution in [3.8, 4) is 0 Å². The Bertz CT molecular complexity index is 543. The molecule has 6 nitrogen and oxygen atoms in total. The average Bonchev–Trinajstić information content (AvgIpc) is 2.81. The first-order chi connectivity index (χ1) is 9.92. The third kappa shape index (κ3) is 3.61. The van der Waals surface area contributed by atoms with Crippen LogP contribution in [0.4, 0.5) is 0 Å². The molecule has 1 saturated heterocycles. The molecule has 1 aromatic rings. The normalized spacial score (nSPS) is 23.0. The number of carbonyl (C=O) groups excluding carboxylic acids is 2. The number of hydrogen-bond donors (Lipinski definition) is 3. The number of thiophene rings is 1. The molecule has 116 valence electrons. The van der Waals surface area contributed by atoms with E-state index in [1.54, 1.807) is 0 Å². The average molecular weight is 310 g/mol. The monoisotopic (exact) mass is 310 g/mol. The molecule has 0 aliphatic carbocycles. The zero-order valence-electron chi connectivity index (χ0n) is 12.4. The summed E-state index contributed by atoms with van der Waals surface area (Å²) in [5.74, 6) is 4.60. The number of nitrogens with two attached hydrogens (primary N) is 2. The lowest BCUT2D eigenvalue weighted by Gasteiger charge is -2.36. The lowest BCUT2D eigenvalue weighted by Crippen LogP contribution is -2.45. The van der Waals surface area contributed by atoms with Gasteiger partial charge in [0.2, 0.25) is 5.91 Å². The minimum absolute atomic E-state index is 0.0769. The molecule has 0 radical (unpaired) electrons. The fraction of sp³-hybridized carbons (Fsp3) is 0.571. The van der Waals surface area contributed by atoms with Gasteiger partial charge in [-0.2, -0.15) is 0 Å². The summed E-state index contributed by atoms with van der Waals surface area (Å²) in [4.78, 5) is 26.9. The predicted octanol–water partition coefficient (Wildman–Crippen LogP) is 0.746. The van der Waals surface area contributed by atoms with Gasteiger partial charge in [-0.1, -0.05) is 0 Å². The molecular formula is C14H22N4O2S. The van der Waals surface area contributed by atoms with Crippen LogP contribution < -0.4 is 17.0 Å². The molecule has 0 saturated carbocycles. The van der Waals surface area contributed by atoms with Crippen LogP contribution in [0.2, 0.25) is 0 Å². The number of nitrogen functional groups attached to an aromatic ring is 1. The van der Waals surface area contributed by atoms with Gasteiger partial charge in [-0.05, 0) is 38.3 Å². The van der Waals surface area contributed by atoms with E-state index < -0.39 is 0 Å². The third-order valence-electron chi connectivity index (χ3n) is 4.16. The summed E-state index contributed by atoms with van der Waals surface area (Å²) in [6.45, 7) is 5.56. The summed E-state index contributed by atoms with van der Waals surface area (Å²) >= 11 is 1.43. The number of nitrogens with zero attached hydrogens (tertiary/aromatic N) is 1. The Morgan fingerprint density at radius 2 is 2.19 bits per heavy atom. The number of rotatable bonds is 4. The van der Waals surface area contributed by atoms with E-state index in [2.05, 4.69) is 17.2 Å². The maximum Gasteiger partial charge on any atom is 0.275 e. The van der Waals surface area contributed by atoms with E-state index in [9.17, 15) is 9.59 Å². The van der Waals surface area contributed by atoms with Crippen LogP contribution in [0.25, 0.3) is 0 Å². The minimum Gasteiger partial charge on any atom is -0.369 e. The summed E-state index contributed by atoms with van der Waals surface area (Å²) in [5, 5.41) is 0. The molecule has 2 amide bonds. The second kappa shape index (κ2) is 6.55. The second-order valence-electron chi connectivity index (χ2n) is 5.62. The fourth-order valence-corrected chi connectivity index (χ4v) is 3.65. The SMILES string of the molecule is Cc1sc(C(=O)NN)cc1CN1CC(C(N)=O)CCC1C. The Morgan fingerprint density at radius 1 is 1.48 bits per heavy atom. The fourth-order valence-electron chi connectivity index (χ4n) is 2.71. The Hall–Kier alpha value is -1.44. The molecule has 7 heteroatoms. The van der Waals surface area contributed by atoms with Crippen molar-refractivity contribution < 1.29 is 9.59 Å². The van der Waals surface area contributed by atoms with E-state index in [0.717, 1.165) is 29.8 Å². The first kappa shape index (κ1) is 15.9. The van der Waals surface area contributed by atoms with E-state index in [-0.39, 0.29) is 17.7 Å². The van der Waals surface area contributed by atoms with Gasteiger partial charge < -0.3 is 5.73 Å². The Kier molecular flexibility index (Phi) is 4.97. The van der Waals surface area contributed by atoms with Crippen LogP contribution in [0, 0.1) is 12.8 Å². The lowest BCUT2D eigenvalue weighted by molar-refractivity contribution is -0.124. The molecule has 2 atom stereocenters. The van der Waals surface area contributed by atoms with Crippen LogP contribution in [-0.2, 0) is 11.3 Å². The van der Waals surface area contributed by atoms with E-state index in [4.69, 9.17) is 11.6 Å². The molecule has 5 N–H and O–H groups in total. The molecule has 0 spiro atoms. The number of hydrazine groups is 1. The van der Waals surface area contributed by atoms with Crippen LogP contribution in [0.5, 0.6) is 0 Å². The van der Waals surface area contributed by atoms with Crippen molar-refractivity contribution in [2.24, 2.45) is 17.5 Å². The Labute approximate surface area is 128 Å². The summed E-state index contributed by atoms with van der Waals surface area (Å²) in [6.07, 6.45) is 1.82. The molecule has 21 heavy (non-hydrogen) atoms. The van der Waals surface area contributed by atoms with Gasteiger partial charge in [-0.15, -0.1) is 11.3 Å². The van der Waals surface area contributed by atoms with Crippen molar-refractivity contribution in [3.05, 3.63) is 21.4 Å². The molecule has 1 fully saturated rings. The van der Waals surface area contributed by atoms with Gasteiger partial charge in [0.05, 0.1) is 10.8 Å². The largest absolute Gasteiger partial charge is 0.369 e. The van der Waals surface area contributed by atoms with Gasteiger partial charge in [0, 0.05) is 24.0 Å². The molecule has 1 aromatic heterocycles. The molecular weight excluding hydrogens is 288 g/mol. The van der Waals surface area contributed by atoms with Gasteiger partial charge in [-0.3, -0.25) is 19.9 Å². The number of carbonyl (C=O) groups is 2. The Balaban J connectivity index is 2.11. The number of amides is 2. The number of likely N-dealkylation sites (tertiary alicyclic amines) is 1. The first-order valence-corrected chi connectivity index (χ1v) is 7.87. The Morgan fingerprint density at radius 3 is 2.81 bits per heavy atom.